The highest BCUT2D eigenvalue weighted by Gasteiger charge is 2.19. The van der Waals surface area contributed by atoms with Gasteiger partial charge in [-0.2, -0.15) is 0 Å². The van der Waals surface area contributed by atoms with Crippen molar-refractivity contribution in [3.05, 3.63) is 28.8 Å². The van der Waals surface area contributed by atoms with Crippen LogP contribution < -0.4 is 10.6 Å². The maximum atomic E-state index is 12.2. The molecular formula is C20H32N4O2. The molecule has 0 aromatic heterocycles. The second kappa shape index (κ2) is 9.14. The van der Waals surface area contributed by atoms with Crippen molar-refractivity contribution in [1.82, 2.24) is 15.1 Å². The monoisotopic (exact) mass is 360 g/mol. The first-order chi connectivity index (χ1) is 12.3. The van der Waals surface area contributed by atoms with E-state index in [0.29, 0.717) is 12.5 Å². The third kappa shape index (κ3) is 5.81. The molecule has 0 spiro atoms. The summed E-state index contributed by atoms with van der Waals surface area (Å²) in [4.78, 5) is 29.1. The molecule has 2 rings (SSSR count). The summed E-state index contributed by atoms with van der Waals surface area (Å²) in [6, 6.07) is 4.00. The van der Waals surface area contributed by atoms with E-state index in [4.69, 9.17) is 0 Å². The Morgan fingerprint density at radius 3 is 2.19 bits per heavy atom. The van der Waals surface area contributed by atoms with Crippen molar-refractivity contribution in [3.8, 4) is 0 Å². The zero-order valence-electron chi connectivity index (χ0n) is 16.7. The third-order valence-corrected chi connectivity index (χ3v) is 4.90. The predicted octanol–water partition coefficient (Wildman–Crippen LogP) is 1.55. The fourth-order valence-electron chi connectivity index (χ4n) is 3.43. The number of carbonyl (C=O) groups excluding carboxylic acids is 2. The van der Waals surface area contributed by atoms with E-state index < -0.39 is 11.8 Å². The van der Waals surface area contributed by atoms with Gasteiger partial charge in [-0.1, -0.05) is 24.6 Å². The summed E-state index contributed by atoms with van der Waals surface area (Å²) < 4.78 is 0. The van der Waals surface area contributed by atoms with E-state index in [1.807, 2.05) is 32.9 Å². The highest BCUT2D eigenvalue weighted by Crippen LogP contribution is 2.21. The first-order valence-corrected chi connectivity index (χ1v) is 9.34. The number of likely N-dealkylation sites (N-methyl/N-ethyl adjacent to an activating group) is 1. The van der Waals surface area contributed by atoms with Crippen LogP contribution in [0.1, 0.15) is 23.6 Å². The summed E-state index contributed by atoms with van der Waals surface area (Å²) in [6.45, 7) is 13.7. The molecule has 0 bridgehead atoms. The van der Waals surface area contributed by atoms with Gasteiger partial charge in [0, 0.05) is 45.0 Å². The molecule has 1 aliphatic rings. The van der Waals surface area contributed by atoms with Crippen molar-refractivity contribution in [2.45, 2.75) is 27.7 Å². The fourth-order valence-corrected chi connectivity index (χ4v) is 3.43. The SMILES string of the molecule is Cc1cc(C)c(NC(=O)C(=O)NCC(C)CN2CCN(C)CC2)c(C)c1. The largest absolute Gasteiger partial charge is 0.348 e. The van der Waals surface area contributed by atoms with E-state index >= 15 is 0 Å². The number of aryl methyl sites for hydroxylation is 3. The molecule has 0 aliphatic carbocycles. The molecule has 26 heavy (non-hydrogen) atoms. The number of hydrogen-bond donors (Lipinski definition) is 2. The van der Waals surface area contributed by atoms with Crippen LogP contribution in [0.5, 0.6) is 0 Å². The first kappa shape index (κ1) is 20.4. The van der Waals surface area contributed by atoms with Crippen LogP contribution in [0, 0.1) is 26.7 Å². The molecule has 0 radical (unpaired) electrons. The predicted molar refractivity (Wildman–Crippen MR) is 105 cm³/mol. The molecule has 2 amide bonds. The van der Waals surface area contributed by atoms with Crippen LogP contribution in [-0.2, 0) is 9.59 Å². The van der Waals surface area contributed by atoms with Crippen LogP contribution >= 0.6 is 0 Å². The second-order valence-electron chi connectivity index (χ2n) is 7.65. The van der Waals surface area contributed by atoms with E-state index in [1.54, 1.807) is 0 Å². The average Bonchev–Trinajstić information content (AvgIpc) is 2.57. The zero-order chi connectivity index (χ0) is 19.3. The number of nitrogens with one attached hydrogen (secondary N) is 2. The number of anilines is 1. The van der Waals surface area contributed by atoms with Crippen molar-refractivity contribution < 1.29 is 9.59 Å². The Hall–Kier alpha value is -1.92. The molecule has 1 atom stereocenters. The van der Waals surface area contributed by atoms with E-state index in [1.165, 1.54) is 0 Å². The molecule has 1 saturated heterocycles. The average molecular weight is 361 g/mol. The number of amides is 2. The Bertz CT molecular complexity index is 628. The van der Waals surface area contributed by atoms with Crippen molar-refractivity contribution in [2.24, 2.45) is 5.92 Å². The Morgan fingerprint density at radius 2 is 1.62 bits per heavy atom. The zero-order valence-corrected chi connectivity index (χ0v) is 16.7. The van der Waals surface area contributed by atoms with Gasteiger partial charge in [-0.05, 0) is 44.9 Å². The number of hydrogen-bond acceptors (Lipinski definition) is 4. The van der Waals surface area contributed by atoms with E-state index in [-0.39, 0.29) is 0 Å². The lowest BCUT2D eigenvalue weighted by atomic mass is 10.1. The van der Waals surface area contributed by atoms with Gasteiger partial charge in [0.2, 0.25) is 0 Å². The molecule has 2 N–H and O–H groups in total. The minimum Gasteiger partial charge on any atom is -0.348 e. The van der Waals surface area contributed by atoms with Crippen LogP contribution in [0.3, 0.4) is 0 Å². The van der Waals surface area contributed by atoms with Gasteiger partial charge in [-0.25, -0.2) is 0 Å². The topological polar surface area (TPSA) is 64.7 Å². The Balaban J connectivity index is 1.79. The smallest absolute Gasteiger partial charge is 0.313 e. The van der Waals surface area contributed by atoms with E-state index in [9.17, 15) is 9.59 Å². The molecule has 1 aromatic rings. The standard InChI is InChI=1S/C20H32N4O2/c1-14-10-16(3)18(17(4)11-14)22-20(26)19(25)21-12-15(2)13-24-8-6-23(5)7-9-24/h10-11,15H,6-9,12-13H2,1-5H3,(H,21,25)(H,22,26). The summed E-state index contributed by atoms with van der Waals surface area (Å²) in [5, 5.41) is 5.51. The highest BCUT2D eigenvalue weighted by molar-refractivity contribution is 6.39. The van der Waals surface area contributed by atoms with Crippen LogP contribution in [0.15, 0.2) is 12.1 Å². The van der Waals surface area contributed by atoms with Crippen molar-refractivity contribution in [2.75, 3.05) is 51.6 Å². The molecule has 6 heteroatoms. The van der Waals surface area contributed by atoms with Gasteiger partial charge < -0.3 is 20.4 Å². The normalized spacial score (nSPS) is 17.0. The molecule has 144 valence electrons. The molecule has 1 aliphatic heterocycles. The lowest BCUT2D eigenvalue weighted by Crippen LogP contribution is -2.47. The summed E-state index contributed by atoms with van der Waals surface area (Å²) in [7, 11) is 2.14. The highest BCUT2D eigenvalue weighted by atomic mass is 16.2. The third-order valence-electron chi connectivity index (χ3n) is 4.90. The summed E-state index contributed by atoms with van der Waals surface area (Å²) in [6.07, 6.45) is 0. The van der Waals surface area contributed by atoms with Gasteiger partial charge in [0.05, 0.1) is 0 Å². The van der Waals surface area contributed by atoms with Crippen molar-refractivity contribution in [3.63, 3.8) is 0 Å². The van der Waals surface area contributed by atoms with Gasteiger partial charge in [-0.3, -0.25) is 9.59 Å². The maximum absolute atomic E-state index is 12.2. The lowest BCUT2D eigenvalue weighted by molar-refractivity contribution is -0.136. The van der Waals surface area contributed by atoms with E-state index in [2.05, 4.69) is 34.4 Å². The van der Waals surface area contributed by atoms with Gasteiger partial charge in [0.25, 0.3) is 0 Å². The second-order valence-corrected chi connectivity index (χ2v) is 7.65. The van der Waals surface area contributed by atoms with Crippen LogP contribution in [0.4, 0.5) is 5.69 Å². The van der Waals surface area contributed by atoms with E-state index in [0.717, 1.165) is 55.1 Å². The molecule has 6 nitrogen and oxygen atoms in total. The number of nitrogens with zero attached hydrogens (tertiary/aromatic N) is 2. The van der Waals surface area contributed by atoms with Gasteiger partial charge in [0.15, 0.2) is 0 Å². The maximum Gasteiger partial charge on any atom is 0.313 e. The van der Waals surface area contributed by atoms with Crippen LogP contribution in [0.2, 0.25) is 0 Å². The quantitative estimate of drug-likeness (QED) is 0.782. The van der Waals surface area contributed by atoms with Gasteiger partial charge >= 0.3 is 11.8 Å². The van der Waals surface area contributed by atoms with Crippen molar-refractivity contribution in [1.29, 1.82) is 0 Å². The Morgan fingerprint density at radius 1 is 1.04 bits per heavy atom. The molecular weight excluding hydrogens is 328 g/mol. The number of benzene rings is 1. The molecule has 0 saturated carbocycles. The lowest BCUT2D eigenvalue weighted by Gasteiger charge is -2.33. The van der Waals surface area contributed by atoms with Gasteiger partial charge in [0.1, 0.15) is 0 Å². The van der Waals surface area contributed by atoms with Crippen LogP contribution in [-0.4, -0.2) is 67.9 Å². The molecule has 1 heterocycles. The number of carbonyl (C=O) groups is 2. The van der Waals surface area contributed by atoms with Crippen molar-refractivity contribution >= 4 is 17.5 Å². The summed E-state index contributed by atoms with van der Waals surface area (Å²) in [5.74, 6) is -0.876. The summed E-state index contributed by atoms with van der Waals surface area (Å²) >= 11 is 0. The molecule has 1 unspecified atom stereocenters. The Kier molecular flexibility index (Phi) is 7.17. The fraction of sp³-hybridized carbons (Fsp3) is 0.600. The molecule has 1 aromatic carbocycles. The van der Waals surface area contributed by atoms with Crippen LogP contribution in [0.25, 0.3) is 0 Å². The first-order valence-electron chi connectivity index (χ1n) is 9.34. The number of rotatable bonds is 5. The molecule has 1 fully saturated rings. The number of piperazine rings is 1. The Labute approximate surface area is 156 Å². The summed E-state index contributed by atoms with van der Waals surface area (Å²) in [5.41, 5.74) is 3.79. The van der Waals surface area contributed by atoms with Gasteiger partial charge in [-0.15, -0.1) is 0 Å². The minimum absolute atomic E-state index is 0.304. The minimum atomic E-state index is -0.605.